The Morgan fingerprint density at radius 3 is 2.47 bits per heavy atom. The summed E-state index contributed by atoms with van der Waals surface area (Å²) in [5.74, 6) is 0.665. The molecule has 0 radical (unpaired) electrons. The Hall–Kier alpha value is -0.560. The van der Waals surface area contributed by atoms with Gasteiger partial charge in [-0.25, -0.2) is 4.39 Å². The van der Waals surface area contributed by atoms with E-state index in [1.165, 1.54) is 5.56 Å². The van der Waals surface area contributed by atoms with E-state index in [0.29, 0.717) is 5.41 Å². The van der Waals surface area contributed by atoms with Crippen LogP contribution in [0.4, 0.5) is 4.39 Å². The molecule has 4 rings (SSSR count). The molecule has 3 saturated carbocycles. The van der Waals surface area contributed by atoms with Crippen LogP contribution >= 0.6 is 11.6 Å². The summed E-state index contributed by atoms with van der Waals surface area (Å²) >= 11 is 5.92. The van der Waals surface area contributed by atoms with Crippen molar-refractivity contribution in [2.24, 2.45) is 5.41 Å². The van der Waals surface area contributed by atoms with Gasteiger partial charge < -0.3 is 0 Å². The maximum Gasteiger partial charge on any atom is 0.123 e. The van der Waals surface area contributed by atoms with Gasteiger partial charge in [0.1, 0.15) is 5.82 Å². The molecular weight excluding hydrogens is 211 g/mol. The van der Waals surface area contributed by atoms with E-state index in [9.17, 15) is 4.39 Å². The first-order valence-electron chi connectivity index (χ1n) is 5.41. The Morgan fingerprint density at radius 2 is 1.93 bits per heavy atom. The molecule has 1 aromatic rings. The molecule has 2 heteroatoms. The lowest BCUT2D eigenvalue weighted by molar-refractivity contribution is -0.122. The van der Waals surface area contributed by atoms with Crippen LogP contribution in [-0.4, -0.2) is 5.88 Å². The van der Waals surface area contributed by atoms with Gasteiger partial charge in [-0.15, -0.1) is 11.6 Å². The molecule has 0 unspecified atom stereocenters. The van der Waals surface area contributed by atoms with E-state index in [0.717, 1.165) is 30.7 Å². The monoisotopic (exact) mass is 224 g/mol. The minimum absolute atomic E-state index is 0.102. The third-order valence-electron chi connectivity index (χ3n) is 4.08. The van der Waals surface area contributed by atoms with Crippen molar-refractivity contribution in [2.75, 3.05) is 5.88 Å². The Labute approximate surface area is 94.4 Å². The van der Waals surface area contributed by atoms with E-state index in [-0.39, 0.29) is 11.2 Å². The first-order chi connectivity index (χ1) is 7.07. The van der Waals surface area contributed by atoms with E-state index in [1.807, 2.05) is 6.92 Å². The third-order valence-corrected chi connectivity index (χ3v) is 4.65. The van der Waals surface area contributed by atoms with Crippen molar-refractivity contribution in [3.8, 4) is 0 Å². The Morgan fingerprint density at radius 1 is 1.27 bits per heavy atom. The second-order valence-corrected chi connectivity index (χ2v) is 5.73. The standard InChI is InChI=1S/C13H14ClF/c1-9-2-10(4-11(15)3-9)13-5-12(6-13,7-13)8-14/h2-4H,5-8H2,1H3. The highest BCUT2D eigenvalue weighted by Gasteiger charge is 2.67. The third kappa shape index (κ3) is 1.19. The predicted molar refractivity (Wildman–Crippen MR) is 59.8 cm³/mol. The van der Waals surface area contributed by atoms with Gasteiger partial charge in [0, 0.05) is 5.88 Å². The molecule has 3 aliphatic carbocycles. The van der Waals surface area contributed by atoms with Crippen molar-refractivity contribution in [2.45, 2.75) is 31.6 Å². The van der Waals surface area contributed by atoms with Crippen molar-refractivity contribution < 1.29 is 4.39 Å². The maximum atomic E-state index is 13.3. The van der Waals surface area contributed by atoms with Gasteiger partial charge >= 0.3 is 0 Å². The SMILES string of the molecule is Cc1cc(F)cc(C23CC(CCl)(C2)C3)c1. The molecule has 0 saturated heterocycles. The lowest BCUT2D eigenvalue weighted by atomic mass is 9.34. The fraction of sp³-hybridized carbons (Fsp3) is 0.538. The summed E-state index contributed by atoms with van der Waals surface area (Å²) in [5, 5.41) is 0. The number of alkyl halides is 1. The molecular formula is C13H14ClF. The fourth-order valence-corrected chi connectivity index (χ4v) is 3.77. The van der Waals surface area contributed by atoms with Crippen LogP contribution in [-0.2, 0) is 5.41 Å². The molecule has 3 aliphatic rings. The zero-order valence-corrected chi connectivity index (χ0v) is 9.57. The van der Waals surface area contributed by atoms with Crippen molar-refractivity contribution in [3.63, 3.8) is 0 Å². The second kappa shape index (κ2) is 2.76. The van der Waals surface area contributed by atoms with Gasteiger partial charge in [0.2, 0.25) is 0 Å². The highest BCUT2D eigenvalue weighted by atomic mass is 35.5. The molecule has 3 fully saturated rings. The van der Waals surface area contributed by atoms with E-state index in [2.05, 4.69) is 6.07 Å². The Balaban J connectivity index is 1.90. The normalized spacial score (nSPS) is 37.0. The predicted octanol–water partition coefficient (Wildman–Crippen LogP) is 3.79. The second-order valence-electron chi connectivity index (χ2n) is 5.46. The molecule has 80 valence electrons. The topological polar surface area (TPSA) is 0 Å². The molecule has 0 atom stereocenters. The van der Waals surface area contributed by atoms with E-state index >= 15 is 0 Å². The number of benzene rings is 1. The summed E-state index contributed by atoms with van der Waals surface area (Å²) < 4.78 is 13.3. The van der Waals surface area contributed by atoms with Crippen LogP contribution in [0.25, 0.3) is 0 Å². The molecule has 0 aliphatic heterocycles. The molecule has 0 spiro atoms. The first kappa shape index (κ1) is 9.65. The van der Waals surface area contributed by atoms with Gasteiger partial charge in [0.15, 0.2) is 0 Å². The van der Waals surface area contributed by atoms with Crippen LogP contribution in [0.5, 0.6) is 0 Å². The lowest BCUT2D eigenvalue weighted by Crippen LogP contribution is -2.65. The summed E-state index contributed by atoms with van der Waals surface area (Å²) in [5.41, 5.74) is 2.89. The van der Waals surface area contributed by atoms with Crippen molar-refractivity contribution >= 4 is 11.6 Å². The lowest BCUT2D eigenvalue weighted by Gasteiger charge is -2.71. The van der Waals surface area contributed by atoms with Gasteiger partial charge in [-0.05, 0) is 60.3 Å². The number of hydrogen-bond donors (Lipinski definition) is 0. The van der Waals surface area contributed by atoms with Crippen LogP contribution < -0.4 is 0 Å². The molecule has 0 nitrogen and oxygen atoms in total. The van der Waals surface area contributed by atoms with Gasteiger partial charge in [0.25, 0.3) is 0 Å². The fourth-order valence-electron chi connectivity index (χ4n) is 3.49. The summed E-state index contributed by atoms with van der Waals surface area (Å²) in [6.07, 6.45) is 3.48. The van der Waals surface area contributed by atoms with E-state index in [1.54, 1.807) is 12.1 Å². The highest BCUT2D eigenvalue weighted by Crippen LogP contribution is 2.73. The smallest absolute Gasteiger partial charge is 0.123 e. The summed E-state index contributed by atoms with van der Waals surface area (Å²) in [4.78, 5) is 0. The first-order valence-corrected chi connectivity index (χ1v) is 5.95. The van der Waals surface area contributed by atoms with Gasteiger partial charge in [-0.1, -0.05) is 6.07 Å². The largest absolute Gasteiger partial charge is 0.207 e. The number of rotatable bonds is 2. The van der Waals surface area contributed by atoms with Crippen molar-refractivity contribution in [3.05, 3.63) is 35.1 Å². The summed E-state index contributed by atoms with van der Waals surface area (Å²) in [6, 6.07) is 5.41. The van der Waals surface area contributed by atoms with E-state index < -0.39 is 0 Å². The van der Waals surface area contributed by atoms with Gasteiger partial charge in [-0.2, -0.15) is 0 Å². The summed E-state index contributed by atoms with van der Waals surface area (Å²) in [7, 11) is 0. The van der Waals surface area contributed by atoms with Crippen LogP contribution in [0, 0.1) is 18.2 Å². The van der Waals surface area contributed by atoms with Gasteiger partial charge in [-0.3, -0.25) is 0 Å². The molecule has 1 aromatic carbocycles. The molecule has 0 heterocycles. The summed E-state index contributed by atoms with van der Waals surface area (Å²) in [6.45, 7) is 1.95. The maximum absolute atomic E-state index is 13.3. The van der Waals surface area contributed by atoms with Crippen LogP contribution in [0.3, 0.4) is 0 Å². The number of halogens is 2. The Kier molecular flexibility index (Phi) is 1.78. The van der Waals surface area contributed by atoms with Crippen molar-refractivity contribution in [1.29, 1.82) is 0 Å². The van der Waals surface area contributed by atoms with Gasteiger partial charge in [0.05, 0.1) is 0 Å². The molecule has 2 bridgehead atoms. The van der Waals surface area contributed by atoms with Crippen LogP contribution in [0.15, 0.2) is 18.2 Å². The minimum atomic E-state index is -0.102. The molecule has 15 heavy (non-hydrogen) atoms. The molecule has 0 amide bonds. The molecule has 0 N–H and O–H groups in total. The Bertz CT molecular complexity index is 385. The zero-order valence-electron chi connectivity index (χ0n) is 8.82. The van der Waals surface area contributed by atoms with Crippen LogP contribution in [0.2, 0.25) is 0 Å². The highest BCUT2D eigenvalue weighted by molar-refractivity contribution is 6.18. The number of hydrogen-bond acceptors (Lipinski definition) is 0. The van der Waals surface area contributed by atoms with E-state index in [4.69, 9.17) is 11.6 Å². The van der Waals surface area contributed by atoms with Crippen LogP contribution in [0.1, 0.15) is 30.4 Å². The zero-order chi connectivity index (χ0) is 10.7. The van der Waals surface area contributed by atoms with Crippen molar-refractivity contribution in [1.82, 2.24) is 0 Å². The quantitative estimate of drug-likeness (QED) is 0.671. The molecule has 0 aromatic heterocycles. The minimum Gasteiger partial charge on any atom is -0.207 e. The average molecular weight is 225 g/mol. The average Bonchev–Trinajstić information content (AvgIpc) is 1.97. The number of aryl methyl sites for hydroxylation is 1.